The normalized spacial score (nSPS) is 45.9. The van der Waals surface area contributed by atoms with E-state index < -0.39 is 5.97 Å². The fourth-order valence-corrected chi connectivity index (χ4v) is 8.28. The standard InChI is InChI=1S/C24H38O2/c1-16(7-12-22(25)26)19-10-11-20-18-9-8-17-6-4-5-14-23(17,2)21(18)13-15-24(19,20)3/h6,16,18-21H,4-5,7-15H2,1-3H3,(H,25,26)/t16?,18-,19+,20-,21-,23-,24+/m0/s1. The summed E-state index contributed by atoms with van der Waals surface area (Å²) in [6.07, 6.45) is 16.2. The number of carbonyl (C=O) groups is 1. The van der Waals surface area contributed by atoms with Crippen LogP contribution in [0.25, 0.3) is 0 Å². The first-order valence-electron chi connectivity index (χ1n) is 11.3. The van der Waals surface area contributed by atoms with Crippen molar-refractivity contribution < 1.29 is 9.90 Å². The number of carboxylic acids is 1. The third-order valence-corrected chi connectivity index (χ3v) is 9.60. The fourth-order valence-electron chi connectivity index (χ4n) is 8.28. The Balaban J connectivity index is 1.54. The van der Waals surface area contributed by atoms with Crippen molar-refractivity contribution in [2.75, 3.05) is 0 Å². The molecule has 26 heavy (non-hydrogen) atoms. The Morgan fingerprint density at radius 2 is 2.00 bits per heavy atom. The van der Waals surface area contributed by atoms with Crippen LogP contribution in [0.5, 0.6) is 0 Å². The summed E-state index contributed by atoms with van der Waals surface area (Å²) in [5.41, 5.74) is 2.76. The van der Waals surface area contributed by atoms with E-state index in [1.54, 1.807) is 5.57 Å². The van der Waals surface area contributed by atoms with Crippen molar-refractivity contribution in [3.63, 3.8) is 0 Å². The minimum absolute atomic E-state index is 0.344. The molecule has 0 amide bonds. The number of fused-ring (bicyclic) bond motifs is 5. The molecular weight excluding hydrogens is 320 g/mol. The molecule has 0 saturated heterocycles. The second-order valence-corrected chi connectivity index (χ2v) is 10.6. The van der Waals surface area contributed by atoms with Gasteiger partial charge >= 0.3 is 5.97 Å². The van der Waals surface area contributed by atoms with Crippen molar-refractivity contribution >= 4 is 5.97 Å². The molecule has 1 N–H and O–H groups in total. The number of rotatable bonds is 4. The average Bonchev–Trinajstić information content (AvgIpc) is 2.96. The summed E-state index contributed by atoms with van der Waals surface area (Å²) >= 11 is 0. The summed E-state index contributed by atoms with van der Waals surface area (Å²) in [5, 5.41) is 9.09. The van der Waals surface area contributed by atoms with Gasteiger partial charge in [-0.05, 0) is 105 Å². The first-order chi connectivity index (χ1) is 12.4. The van der Waals surface area contributed by atoms with E-state index in [-0.39, 0.29) is 0 Å². The molecule has 2 nitrogen and oxygen atoms in total. The lowest BCUT2D eigenvalue weighted by atomic mass is 9.46. The zero-order valence-corrected chi connectivity index (χ0v) is 17.1. The summed E-state index contributed by atoms with van der Waals surface area (Å²) < 4.78 is 0. The molecule has 2 heteroatoms. The van der Waals surface area contributed by atoms with Crippen LogP contribution >= 0.6 is 0 Å². The van der Waals surface area contributed by atoms with Crippen LogP contribution in [0, 0.1) is 40.4 Å². The van der Waals surface area contributed by atoms with Gasteiger partial charge in [-0.15, -0.1) is 0 Å². The topological polar surface area (TPSA) is 37.3 Å². The molecular formula is C24H38O2. The molecule has 0 heterocycles. The number of aliphatic carboxylic acids is 1. The summed E-state index contributed by atoms with van der Waals surface area (Å²) in [7, 11) is 0. The van der Waals surface area contributed by atoms with Crippen LogP contribution < -0.4 is 0 Å². The summed E-state index contributed by atoms with van der Waals surface area (Å²) in [4.78, 5) is 11.0. The van der Waals surface area contributed by atoms with E-state index >= 15 is 0 Å². The molecule has 4 rings (SSSR count). The number of hydrogen-bond donors (Lipinski definition) is 1. The Morgan fingerprint density at radius 3 is 2.77 bits per heavy atom. The third kappa shape index (κ3) is 2.78. The van der Waals surface area contributed by atoms with Gasteiger partial charge in [0.05, 0.1) is 0 Å². The monoisotopic (exact) mass is 358 g/mol. The molecule has 0 spiro atoms. The van der Waals surface area contributed by atoms with Gasteiger partial charge in [0, 0.05) is 6.42 Å². The predicted octanol–water partition coefficient (Wildman–Crippen LogP) is 6.46. The van der Waals surface area contributed by atoms with E-state index in [1.807, 2.05) is 0 Å². The van der Waals surface area contributed by atoms with Crippen molar-refractivity contribution in [1.29, 1.82) is 0 Å². The van der Waals surface area contributed by atoms with Gasteiger partial charge in [-0.1, -0.05) is 32.4 Å². The van der Waals surface area contributed by atoms with Gasteiger partial charge in [0.2, 0.25) is 0 Å². The van der Waals surface area contributed by atoms with Gasteiger partial charge in [0.15, 0.2) is 0 Å². The van der Waals surface area contributed by atoms with E-state index in [1.165, 1.54) is 57.8 Å². The van der Waals surface area contributed by atoms with Crippen molar-refractivity contribution in [2.45, 2.75) is 91.4 Å². The highest BCUT2D eigenvalue weighted by Crippen LogP contribution is 2.67. The highest BCUT2D eigenvalue weighted by atomic mass is 16.4. The number of allylic oxidation sites excluding steroid dienone is 2. The van der Waals surface area contributed by atoms with E-state index in [0.717, 1.165) is 30.1 Å². The molecule has 0 aromatic carbocycles. The Labute approximate surface area is 159 Å². The molecule has 4 aliphatic rings. The second-order valence-electron chi connectivity index (χ2n) is 10.6. The minimum atomic E-state index is -0.628. The van der Waals surface area contributed by atoms with Gasteiger partial charge in [0.25, 0.3) is 0 Å². The van der Waals surface area contributed by atoms with Crippen LogP contribution in [0.2, 0.25) is 0 Å². The van der Waals surface area contributed by atoms with Crippen LogP contribution in [0.1, 0.15) is 91.4 Å². The molecule has 3 fully saturated rings. The van der Waals surface area contributed by atoms with E-state index in [4.69, 9.17) is 5.11 Å². The molecule has 1 unspecified atom stereocenters. The van der Waals surface area contributed by atoms with Gasteiger partial charge < -0.3 is 5.11 Å². The van der Waals surface area contributed by atoms with E-state index in [2.05, 4.69) is 26.8 Å². The van der Waals surface area contributed by atoms with Crippen LogP contribution in [0.15, 0.2) is 11.6 Å². The Morgan fingerprint density at radius 1 is 1.19 bits per heavy atom. The molecule has 7 atom stereocenters. The molecule has 0 aromatic rings. The molecule has 4 aliphatic carbocycles. The van der Waals surface area contributed by atoms with Crippen molar-refractivity contribution in [1.82, 2.24) is 0 Å². The van der Waals surface area contributed by atoms with Crippen LogP contribution in [0.3, 0.4) is 0 Å². The lowest BCUT2D eigenvalue weighted by Gasteiger charge is -2.58. The summed E-state index contributed by atoms with van der Waals surface area (Å²) in [5.74, 6) is 3.39. The SMILES string of the molecule is CC(CCC(=O)O)[C@H]1CC[C@H]2[C@@H]3CCC4=CCCC[C@]4(C)[C@H]3CC[C@]12C. The molecule has 0 aromatic heterocycles. The van der Waals surface area contributed by atoms with Gasteiger partial charge in [-0.3, -0.25) is 4.79 Å². The Kier molecular flexibility index (Phi) is 4.77. The van der Waals surface area contributed by atoms with Crippen molar-refractivity contribution in [2.24, 2.45) is 40.4 Å². The van der Waals surface area contributed by atoms with Crippen LogP contribution in [0.4, 0.5) is 0 Å². The summed E-state index contributed by atoms with van der Waals surface area (Å²) in [6, 6.07) is 0. The highest BCUT2D eigenvalue weighted by molar-refractivity contribution is 5.66. The average molecular weight is 359 g/mol. The van der Waals surface area contributed by atoms with Crippen molar-refractivity contribution in [3.05, 3.63) is 11.6 Å². The Bertz CT molecular complexity index is 593. The number of hydrogen-bond acceptors (Lipinski definition) is 1. The van der Waals surface area contributed by atoms with Gasteiger partial charge in [-0.2, -0.15) is 0 Å². The third-order valence-electron chi connectivity index (χ3n) is 9.60. The fraction of sp³-hybridized carbons (Fsp3) is 0.875. The second kappa shape index (κ2) is 6.67. The maximum Gasteiger partial charge on any atom is 0.303 e. The maximum absolute atomic E-state index is 11.0. The molecule has 146 valence electrons. The maximum atomic E-state index is 11.0. The summed E-state index contributed by atoms with van der Waals surface area (Å²) in [6.45, 7) is 7.51. The zero-order chi connectivity index (χ0) is 18.5. The molecule has 0 aliphatic heterocycles. The quantitative estimate of drug-likeness (QED) is 0.586. The molecule has 0 bridgehead atoms. The highest BCUT2D eigenvalue weighted by Gasteiger charge is 2.59. The first kappa shape index (κ1) is 18.6. The van der Waals surface area contributed by atoms with Crippen molar-refractivity contribution in [3.8, 4) is 0 Å². The first-order valence-corrected chi connectivity index (χ1v) is 11.3. The van der Waals surface area contributed by atoms with Crippen LogP contribution in [-0.2, 0) is 4.79 Å². The van der Waals surface area contributed by atoms with Gasteiger partial charge in [0.1, 0.15) is 0 Å². The molecule has 0 radical (unpaired) electrons. The minimum Gasteiger partial charge on any atom is -0.481 e. The van der Waals surface area contributed by atoms with Crippen LogP contribution in [-0.4, -0.2) is 11.1 Å². The number of carboxylic acid groups (broad SMARTS) is 1. The largest absolute Gasteiger partial charge is 0.481 e. The van der Waals surface area contributed by atoms with E-state index in [9.17, 15) is 4.79 Å². The lowest BCUT2D eigenvalue weighted by Crippen LogP contribution is -2.50. The Hall–Kier alpha value is -0.790. The van der Waals surface area contributed by atoms with Gasteiger partial charge in [-0.25, -0.2) is 0 Å². The predicted molar refractivity (Wildman–Crippen MR) is 106 cm³/mol. The lowest BCUT2D eigenvalue weighted by molar-refractivity contribution is -0.137. The molecule has 3 saturated carbocycles. The smallest absolute Gasteiger partial charge is 0.303 e. The zero-order valence-electron chi connectivity index (χ0n) is 17.1. The van der Waals surface area contributed by atoms with E-state index in [0.29, 0.717) is 23.2 Å².